The minimum absolute atomic E-state index is 0.141. The van der Waals surface area contributed by atoms with Crippen LogP contribution in [-0.2, 0) is 10.0 Å². The molecule has 90 valence electrons. The Morgan fingerprint density at radius 3 is 2.81 bits per heavy atom. The first kappa shape index (κ1) is 12.7. The number of carbonyl (C=O) groups excluding carboxylic acids is 1. The number of aromatic nitrogens is 2. The summed E-state index contributed by atoms with van der Waals surface area (Å²) < 4.78 is 21.2. The highest BCUT2D eigenvalue weighted by Crippen LogP contribution is 2.01. The monoisotopic (exact) mass is 246 g/mol. The number of aromatic amines is 1. The molecule has 0 aliphatic heterocycles. The van der Waals surface area contributed by atoms with Crippen LogP contribution in [-0.4, -0.2) is 36.8 Å². The third-order valence-electron chi connectivity index (χ3n) is 1.97. The number of nitrogens with two attached hydrogens (primary N) is 1. The van der Waals surface area contributed by atoms with E-state index in [4.69, 9.17) is 5.14 Å². The lowest BCUT2D eigenvalue weighted by Crippen LogP contribution is -2.27. The number of carbonyl (C=O) groups is 1. The molecular formula is C8H14N4O3S. The van der Waals surface area contributed by atoms with Crippen molar-refractivity contribution in [2.24, 2.45) is 5.14 Å². The van der Waals surface area contributed by atoms with Crippen LogP contribution in [0.5, 0.6) is 0 Å². The van der Waals surface area contributed by atoms with Crippen LogP contribution in [0.2, 0.25) is 0 Å². The second kappa shape index (κ2) is 5.08. The van der Waals surface area contributed by atoms with Gasteiger partial charge in [-0.1, -0.05) is 0 Å². The number of amides is 1. The van der Waals surface area contributed by atoms with Crippen molar-refractivity contribution in [3.63, 3.8) is 0 Å². The van der Waals surface area contributed by atoms with E-state index in [-0.39, 0.29) is 18.2 Å². The summed E-state index contributed by atoms with van der Waals surface area (Å²) in [5.41, 5.74) is 1.12. The summed E-state index contributed by atoms with van der Waals surface area (Å²) in [6, 6.07) is 0. The van der Waals surface area contributed by atoms with Crippen molar-refractivity contribution < 1.29 is 13.2 Å². The van der Waals surface area contributed by atoms with Gasteiger partial charge in [-0.2, -0.15) is 5.10 Å². The summed E-state index contributed by atoms with van der Waals surface area (Å²) in [5.74, 6) is -0.418. The second-order valence-electron chi connectivity index (χ2n) is 3.39. The maximum Gasteiger partial charge on any atom is 0.254 e. The van der Waals surface area contributed by atoms with E-state index in [1.807, 2.05) is 0 Å². The van der Waals surface area contributed by atoms with E-state index in [1.54, 1.807) is 6.92 Å². The molecule has 4 N–H and O–H groups in total. The fourth-order valence-corrected chi connectivity index (χ4v) is 1.70. The second-order valence-corrected chi connectivity index (χ2v) is 5.12. The zero-order valence-electron chi connectivity index (χ0n) is 8.86. The van der Waals surface area contributed by atoms with Gasteiger partial charge in [-0.3, -0.25) is 9.89 Å². The van der Waals surface area contributed by atoms with Gasteiger partial charge in [-0.05, 0) is 13.3 Å². The zero-order valence-corrected chi connectivity index (χ0v) is 9.67. The number of aryl methyl sites for hydroxylation is 1. The van der Waals surface area contributed by atoms with Crippen LogP contribution in [0.4, 0.5) is 0 Å². The van der Waals surface area contributed by atoms with Crippen molar-refractivity contribution in [3.8, 4) is 0 Å². The van der Waals surface area contributed by atoms with Crippen LogP contribution >= 0.6 is 0 Å². The number of nitrogens with one attached hydrogen (secondary N) is 2. The molecular weight excluding hydrogens is 232 g/mol. The van der Waals surface area contributed by atoms with Gasteiger partial charge in [0.05, 0.1) is 17.5 Å². The van der Waals surface area contributed by atoms with Crippen molar-refractivity contribution in [3.05, 3.63) is 17.5 Å². The van der Waals surface area contributed by atoms with Crippen molar-refractivity contribution >= 4 is 15.9 Å². The molecule has 0 unspecified atom stereocenters. The zero-order chi connectivity index (χ0) is 12.2. The van der Waals surface area contributed by atoms with Crippen LogP contribution < -0.4 is 10.5 Å². The van der Waals surface area contributed by atoms with Gasteiger partial charge in [0.1, 0.15) is 0 Å². The Morgan fingerprint density at radius 2 is 2.31 bits per heavy atom. The highest BCUT2D eigenvalue weighted by molar-refractivity contribution is 7.89. The highest BCUT2D eigenvalue weighted by Gasteiger charge is 2.10. The molecule has 1 aromatic heterocycles. The first-order chi connectivity index (χ1) is 7.40. The normalized spacial score (nSPS) is 11.4. The smallest absolute Gasteiger partial charge is 0.254 e. The molecule has 1 heterocycles. The summed E-state index contributed by atoms with van der Waals surface area (Å²) >= 11 is 0. The van der Waals surface area contributed by atoms with Gasteiger partial charge in [0, 0.05) is 12.2 Å². The molecule has 7 nitrogen and oxygen atoms in total. The number of hydrogen-bond acceptors (Lipinski definition) is 4. The fraction of sp³-hybridized carbons (Fsp3) is 0.500. The molecule has 0 bridgehead atoms. The summed E-state index contributed by atoms with van der Waals surface area (Å²) in [7, 11) is -3.45. The molecule has 1 amide bonds. The SMILES string of the molecule is Cc1[nH]ncc1C(=O)NCCCS(N)(=O)=O. The van der Waals surface area contributed by atoms with Gasteiger partial charge in [-0.15, -0.1) is 0 Å². The first-order valence-corrected chi connectivity index (χ1v) is 6.40. The van der Waals surface area contributed by atoms with Crippen LogP contribution in [0.25, 0.3) is 0 Å². The summed E-state index contributed by atoms with van der Waals surface area (Å²) in [5, 5.41) is 13.7. The van der Waals surface area contributed by atoms with Gasteiger partial charge in [-0.25, -0.2) is 13.6 Å². The number of primary sulfonamides is 1. The Kier molecular flexibility index (Phi) is 4.02. The van der Waals surface area contributed by atoms with E-state index in [9.17, 15) is 13.2 Å². The van der Waals surface area contributed by atoms with Gasteiger partial charge < -0.3 is 5.32 Å². The molecule has 0 aliphatic carbocycles. The maximum atomic E-state index is 11.5. The highest BCUT2D eigenvalue weighted by atomic mass is 32.2. The Morgan fingerprint density at radius 1 is 1.62 bits per heavy atom. The van der Waals surface area contributed by atoms with E-state index in [2.05, 4.69) is 15.5 Å². The lowest BCUT2D eigenvalue weighted by molar-refractivity contribution is 0.0953. The molecule has 16 heavy (non-hydrogen) atoms. The molecule has 0 fully saturated rings. The predicted octanol–water partition coefficient (Wildman–Crippen LogP) is -0.873. The topological polar surface area (TPSA) is 118 Å². The third kappa shape index (κ3) is 3.99. The van der Waals surface area contributed by atoms with Crippen LogP contribution in [0.15, 0.2) is 6.20 Å². The number of H-pyrrole nitrogens is 1. The fourth-order valence-electron chi connectivity index (χ4n) is 1.15. The van der Waals surface area contributed by atoms with Crippen LogP contribution in [0.1, 0.15) is 22.5 Å². The van der Waals surface area contributed by atoms with Crippen molar-refractivity contribution in [2.45, 2.75) is 13.3 Å². The molecule has 0 radical (unpaired) electrons. The summed E-state index contributed by atoms with van der Waals surface area (Å²) in [6.45, 7) is 1.99. The van der Waals surface area contributed by atoms with E-state index in [0.29, 0.717) is 17.7 Å². The molecule has 1 aromatic rings. The Hall–Kier alpha value is -1.41. The van der Waals surface area contributed by atoms with E-state index in [0.717, 1.165) is 0 Å². The Balaban J connectivity index is 2.35. The lowest BCUT2D eigenvalue weighted by atomic mass is 10.2. The number of rotatable bonds is 5. The standard InChI is InChI=1S/C8H14N4O3S/c1-6-7(5-11-12-6)8(13)10-3-2-4-16(9,14)15/h5H,2-4H2,1H3,(H,10,13)(H,11,12)(H2,9,14,15). The minimum atomic E-state index is -3.45. The summed E-state index contributed by atoms with van der Waals surface area (Å²) in [6.07, 6.45) is 1.71. The van der Waals surface area contributed by atoms with Gasteiger partial charge >= 0.3 is 0 Å². The van der Waals surface area contributed by atoms with Gasteiger partial charge in [0.15, 0.2) is 0 Å². The van der Waals surface area contributed by atoms with E-state index < -0.39 is 10.0 Å². The Bertz CT molecular complexity index is 465. The molecule has 8 heteroatoms. The van der Waals surface area contributed by atoms with Crippen LogP contribution in [0.3, 0.4) is 0 Å². The molecule has 0 spiro atoms. The van der Waals surface area contributed by atoms with Gasteiger partial charge in [0.25, 0.3) is 5.91 Å². The molecule has 0 saturated carbocycles. The van der Waals surface area contributed by atoms with Crippen LogP contribution in [0, 0.1) is 6.92 Å². The molecule has 0 aromatic carbocycles. The van der Waals surface area contributed by atoms with Crippen molar-refractivity contribution in [1.29, 1.82) is 0 Å². The molecule has 1 rings (SSSR count). The lowest BCUT2D eigenvalue weighted by Gasteiger charge is -2.03. The largest absolute Gasteiger partial charge is 0.352 e. The number of hydrogen-bond donors (Lipinski definition) is 3. The maximum absolute atomic E-state index is 11.5. The first-order valence-electron chi connectivity index (χ1n) is 4.69. The van der Waals surface area contributed by atoms with Crippen molar-refractivity contribution in [2.75, 3.05) is 12.3 Å². The molecule has 0 atom stereocenters. The predicted molar refractivity (Wildman–Crippen MR) is 58.2 cm³/mol. The molecule has 0 saturated heterocycles. The quantitative estimate of drug-likeness (QED) is 0.585. The van der Waals surface area contributed by atoms with Gasteiger partial charge in [0.2, 0.25) is 10.0 Å². The molecule has 0 aliphatic rings. The third-order valence-corrected chi connectivity index (χ3v) is 2.82. The average molecular weight is 246 g/mol. The number of sulfonamides is 1. The number of nitrogens with zero attached hydrogens (tertiary/aromatic N) is 1. The minimum Gasteiger partial charge on any atom is -0.352 e. The summed E-state index contributed by atoms with van der Waals surface area (Å²) in [4.78, 5) is 11.5. The van der Waals surface area contributed by atoms with E-state index in [1.165, 1.54) is 6.20 Å². The Labute approximate surface area is 93.5 Å². The average Bonchev–Trinajstić information content (AvgIpc) is 2.57. The van der Waals surface area contributed by atoms with Crippen molar-refractivity contribution in [1.82, 2.24) is 15.5 Å². The van der Waals surface area contributed by atoms with E-state index >= 15 is 0 Å².